The van der Waals surface area contributed by atoms with E-state index >= 15 is 0 Å². The Balaban J connectivity index is 2.07. The van der Waals surface area contributed by atoms with Gasteiger partial charge in [-0.1, -0.05) is 26.8 Å². The fourth-order valence-electron chi connectivity index (χ4n) is 2.49. The first-order chi connectivity index (χ1) is 13.9. The van der Waals surface area contributed by atoms with Crippen molar-refractivity contribution in [3.05, 3.63) is 69.3 Å². The minimum atomic E-state index is -1.09. The molecule has 0 radical (unpaired) electrons. The van der Waals surface area contributed by atoms with Crippen molar-refractivity contribution < 1.29 is 24.0 Å². The van der Waals surface area contributed by atoms with Gasteiger partial charge in [0.1, 0.15) is 0 Å². The number of amides is 1. The lowest BCUT2D eigenvalue weighted by molar-refractivity contribution is -0.385. The van der Waals surface area contributed by atoms with E-state index in [4.69, 9.17) is 4.74 Å². The second-order valence-corrected chi connectivity index (χ2v) is 7.95. The van der Waals surface area contributed by atoms with Gasteiger partial charge in [0.2, 0.25) is 11.7 Å². The van der Waals surface area contributed by atoms with E-state index in [1.54, 1.807) is 39.8 Å². The third-order valence-electron chi connectivity index (χ3n) is 4.40. The van der Waals surface area contributed by atoms with E-state index in [-0.39, 0.29) is 17.2 Å². The van der Waals surface area contributed by atoms with Gasteiger partial charge in [-0.15, -0.1) is 0 Å². The van der Waals surface area contributed by atoms with Gasteiger partial charge in [-0.05, 0) is 44.2 Å². The second kappa shape index (κ2) is 8.86. The van der Waals surface area contributed by atoms with Crippen molar-refractivity contribution in [2.75, 3.05) is 5.32 Å². The zero-order valence-electron chi connectivity index (χ0n) is 17.5. The van der Waals surface area contributed by atoms with Crippen molar-refractivity contribution >= 4 is 29.0 Å². The smallest absolute Gasteiger partial charge is 0.339 e. The number of carbonyl (C=O) groups excluding carboxylic acids is 3. The zero-order chi connectivity index (χ0) is 22.6. The van der Waals surface area contributed by atoms with Crippen LogP contribution in [0, 0.1) is 22.5 Å². The molecular formula is C22H24N2O6. The maximum Gasteiger partial charge on any atom is 0.339 e. The van der Waals surface area contributed by atoms with Crippen LogP contribution in [0.3, 0.4) is 0 Å². The molecule has 8 nitrogen and oxygen atoms in total. The number of nitro benzene ring substituents is 1. The molecule has 0 aliphatic carbocycles. The van der Waals surface area contributed by atoms with E-state index in [1.807, 2.05) is 0 Å². The normalized spacial score (nSPS) is 12.0. The molecule has 1 atom stereocenters. The summed E-state index contributed by atoms with van der Waals surface area (Å²) in [4.78, 5) is 47.3. The van der Waals surface area contributed by atoms with Crippen LogP contribution < -0.4 is 5.32 Å². The highest BCUT2D eigenvalue weighted by molar-refractivity contribution is 6.02. The van der Waals surface area contributed by atoms with Crippen LogP contribution in [0.5, 0.6) is 0 Å². The summed E-state index contributed by atoms with van der Waals surface area (Å²) >= 11 is 0. The quantitative estimate of drug-likeness (QED) is 0.327. The van der Waals surface area contributed by atoms with Crippen molar-refractivity contribution in [1.29, 1.82) is 0 Å². The highest BCUT2D eigenvalue weighted by Crippen LogP contribution is 2.21. The monoisotopic (exact) mass is 412 g/mol. The molecule has 0 saturated heterocycles. The van der Waals surface area contributed by atoms with Gasteiger partial charge in [0.25, 0.3) is 5.69 Å². The van der Waals surface area contributed by atoms with Crippen LogP contribution in [0.15, 0.2) is 42.5 Å². The Bertz CT molecular complexity index is 990. The van der Waals surface area contributed by atoms with Crippen LogP contribution in [0.4, 0.5) is 11.4 Å². The molecule has 0 spiro atoms. The molecule has 158 valence electrons. The van der Waals surface area contributed by atoms with Crippen LogP contribution in [0.1, 0.15) is 54.0 Å². The van der Waals surface area contributed by atoms with Crippen LogP contribution in [0.25, 0.3) is 0 Å². The number of rotatable bonds is 6. The van der Waals surface area contributed by atoms with Gasteiger partial charge in [-0.3, -0.25) is 19.7 Å². The van der Waals surface area contributed by atoms with Crippen molar-refractivity contribution in [3.63, 3.8) is 0 Å². The maximum absolute atomic E-state index is 12.6. The standard InChI is InChI=1S/C22H24N2O6/c1-13-6-7-16(12-18(13)24(28)29)20(26)30-14(2)19(25)15-8-10-17(11-9-15)23-21(27)22(3,4)5/h6-12,14H,1-5H3,(H,23,27)/t14-/m1/s1. The largest absolute Gasteiger partial charge is 0.451 e. The third kappa shape index (κ3) is 5.50. The fraction of sp³-hybridized carbons (Fsp3) is 0.318. The van der Waals surface area contributed by atoms with E-state index in [0.717, 1.165) is 6.07 Å². The average molecular weight is 412 g/mol. The Kier molecular flexibility index (Phi) is 6.71. The first kappa shape index (κ1) is 22.7. The van der Waals surface area contributed by atoms with Crippen molar-refractivity contribution in [3.8, 4) is 0 Å². The Morgan fingerprint density at radius 2 is 1.60 bits per heavy atom. The third-order valence-corrected chi connectivity index (χ3v) is 4.40. The summed E-state index contributed by atoms with van der Waals surface area (Å²) < 4.78 is 5.19. The summed E-state index contributed by atoms with van der Waals surface area (Å²) in [5, 5.41) is 13.8. The molecule has 0 aliphatic rings. The SMILES string of the molecule is Cc1ccc(C(=O)O[C@H](C)C(=O)c2ccc(NC(=O)C(C)(C)C)cc2)cc1[N+](=O)[O-]. The van der Waals surface area contributed by atoms with Crippen LogP contribution in [-0.2, 0) is 9.53 Å². The molecule has 1 amide bonds. The zero-order valence-corrected chi connectivity index (χ0v) is 17.5. The topological polar surface area (TPSA) is 116 Å². The molecule has 0 bridgehead atoms. The first-order valence-corrected chi connectivity index (χ1v) is 9.32. The molecular weight excluding hydrogens is 388 g/mol. The Hall–Kier alpha value is -3.55. The lowest BCUT2D eigenvalue weighted by Gasteiger charge is -2.18. The molecule has 2 aromatic rings. The molecule has 0 fully saturated rings. The molecule has 0 aromatic heterocycles. The Morgan fingerprint density at radius 1 is 1.03 bits per heavy atom. The van der Waals surface area contributed by atoms with Gasteiger partial charge < -0.3 is 10.1 Å². The highest BCUT2D eigenvalue weighted by atomic mass is 16.6. The van der Waals surface area contributed by atoms with Gasteiger partial charge in [0, 0.05) is 28.3 Å². The molecule has 8 heteroatoms. The van der Waals surface area contributed by atoms with Gasteiger partial charge in [0.05, 0.1) is 10.5 Å². The number of carbonyl (C=O) groups is 3. The minimum absolute atomic E-state index is 0.00723. The molecule has 1 N–H and O–H groups in total. The van der Waals surface area contributed by atoms with E-state index in [1.165, 1.54) is 31.2 Å². The Morgan fingerprint density at radius 3 is 2.13 bits per heavy atom. The number of aryl methyl sites for hydroxylation is 1. The molecule has 0 unspecified atom stereocenters. The number of hydrogen-bond acceptors (Lipinski definition) is 6. The lowest BCUT2D eigenvalue weighted by Crippen LogP contribution is -2.27. The number of anilines is 1. The van der Waals surface area contributed by atoms with Crippen LogP contribution >= 0.6 is 0 Å². The molecule has 30 heavy (non-hydrogen) atoms. The molecule has 0 heterocycles. The van der Waals surface area contributed by atoms with Crippen LogP contribution in [-0.4, -0.2) is 28.7 Å². The summed E-state index contributed by atoms with van der Waals surface area (Å²) in [6.45, 7) is 8.36. The average Bonchev–Trinajstić information content (AvgIpc) is 2.67. The number of ether oxygens (including phenoxy) is 1. The van der Waals surface area contributed by atoms with Crippen molar-refractivity contribution in [2.24, 2.45) is 5.41 Å². The second-order valence-electron chi connectivity index (χ2n) is 7.95. The minimum Gasteiger partial charge on any atom is -0.451 e. The number of benzene rings is 2. The summed E-state index contributed by atoms with van der Waals surface area (Å²) in [7, 11) is 0. The van der Waals surface area contributed by atoms with Crippen molar-refractivity contribution in [1.82, 2.24) is 0 Å². The number of ketones is 1. The first-order valence-electron chi connectivity index (χ1n) is 9.32. The lowest BCUT2D eigenvalue weighted by atomic mass is 9.95. The van der Waals surface area contributed by atoms with Crippen molar-refractivity contribution in [2.45, 2.75) is 40.7 Å². The van der Waals surface area contributed by atoms with E-state index in [9.17, 15) is 24.5 Å². The fourth-order valence-corrected chi connectivity index (χ4v) is 2.49. The predicted octanol–water partition coefficient (Wildman–Crippen LogP) is 4.32. The summed E-state index contributed by atoms with van der Waals surface area (Å²) in [6.07, 6.45) is -1.09. The van der Waals surface area contributed by atoms with Gasteiger partial charge in [-0.25, -0.2) is 4.79 Å². The number of hydrogen-bond donors (Lipinski definition) is 1. The number of esters is 1. The van der Waals surface area contributed by atoms with Gasteiger partial charge in [-0.2, -0.15) is 0 Å². The molecule has 0 saturated carbocycles. The predicted molar refractivity (Wildman–Crippen MR) is 112 cm³/mol. The summed E-state index contributed by atoms with van der Waals surface area (Å²) in [5.74, 6) is -1.41. The summed E-state index contributed by atoms with van der Waals surface area (Å²) in [5.41, 5.74) is 0.507. The van der Waals surface area contributed by atoms with E-state index < -0.39 is 28.2 Å². The molecule has 0 aliphatic heterocycles. The number of Topliss-reactive ketones (excluding diaryl/α,β-unsaturated/α-hetero) is 1. The van der Waals surface area contributed by atoms with Gasteiger partial charge in [0.15, 0.2) is 6.10 Å². The Labute approximate surface area is 174 Å². The van der Waals surface area contributed by atoms with Crippen LogP contribution in [0.2, 0.25) is 0 Å². The number of nitrogens with zero attached hydrogens (tertiary/aromatic N) is 1. The maximum atomic E-state index is 12.6. The number of nitro groups is 1. The number of nitrogens with one attached hydrogen (secondary N) is 1. The van der Waals surface area contributed by atoms with E-state index in [2.05, 4.69) is 5.32 Å². The van der Waals surface area contributed by atoms with Gasteiger partial charge >= 0.3 is 5.97 Å². The van der Waals surface area contributed by atoms with E-state index in [0.29, 0.717) is 16.8 Å². The molecule has 2 aromatic carbocycles. The summed E-state index contributed by atoms with van der Waals surface area (Å²) in [6, 6.07) is 10.2. The molecule has 2 rings (SSSR count). The highest BCUT2D eigenvalue weighted by Gasteiger charge is 2.23.